The van der Waals surface area contributed by atoms with Crippen LogP contribution in [0.15, 0.2) is 98.3 Å². The van der Waals surface area contributed by atoms with E-state index in [9.17, 15) is 9.59 Å². The van der Waals surface area contributed by atoms with Gasteiger partial charge in [-0.05, 0) is 66.6 Å². The fraction of sp³-hybridized carbons (Fsp3) is 0.206. The monoisotopic (exact) mass is 612 g/mol. The van der Waals surface area contributed by atoms with Crippen LogP contribution >= 0.6 is 22.9 Å². The van der Waals surface area contributed by atoms with Gasteiger partial charge in [0, 0.05) is 22.2 Å². The number of hydrogen-bond acceptors (Lipinski definition) is 7. The van der Waals surface area contributed by atoms with Gasteiger partial charge >= 0.3 is 5.97 Å². The molecule has 0 N–H and O–H groups in total. The Labute approximate surface area is 257 Å². The van der Waals surface area contributed by atoms with Crippen LogP contribution in [0.2, 0.25) is 5.02 Å². The number of carbonyl (C=O) groups is 1. The van der Waals surface area contributed by atoms with Crippen molar-refractivity contribution in [2.45, 2.75) is 32.7 Å². The standard InChI is InChI=1S/C34H29ClN2O5S/c1-4-8-25-30(33(39)41-5-2)31(29-24-10-7-6-9-20(24)13-17-27(29)40-3)37-32(38)28(43-34(37)36-25)19-23-16-18-26(42-23)21-11-14-22(35)15-12-21/h6-7,9-19,31H,4-5,8H2,1-3H3/b28-19-. The number of fused-ring (bicyclic) bond motifs is 2. The minimum Gasteiger partial charge on any atom is -0.496 e. The summed E-state index contributed by atoms with van der Waals surface area (Å²) in [6.45, 7) is 3.99. The number of rotatable bonds is 8. The first-order chi connectivity index (χ1) is 20.9. The number of esters is 1. The van der Waals surface area contributed by atoms with E-state index in [1.54, 1.807) is 36.8 Å². The molecule has 9 heteroatoms. The maximum Gasteiger partial charge on any atom is 0.338 e. The molecule has 3 aromatic carbocycles. The number of aromatic nitrogens is 1. The van der Waals surface area contributed by atoms with Crippen LogP contribution in [0.25, 0.3) is 28.2 Å². The summed E-state index contributed by atoms with van der Waals surface area (Å²) in [6, 6.07) is 21.9. The largest absolute Gasteiger partial charge is 0.496 e. The van der Waals surface area contributed by atoms with Gasteiger partial charge in [-0.3, -0.25) is 9.36 Å². The Kier molecular flexibility index (Phi) is 8.06. The van der Waals surface area contributed by atoms with Crippen LogP contribution in [-0.2, 0) is 9.53 Å². The lowest BCUT2D eigenvalue weighted by atomic mass is 9.90. The molecule has 1 aliphatic heterocycles. The van der Waals surface area contributed by atoms with Crippen molar-refractivity contribution in [1.29, 1.82) is 0 Å². The number of benzene rings is 3. The first kappa shape index (κ1) is 28.7. The Bertz CT molecular complexity index is 2050. The van der Waals surface area contributed by atoms with Crippen molar-refractivity contribution in [3.63, 3.8) is 0 Å². The predicted molar refractivity (Wildman–Crippen MR) is 169 cm³/mol. The quantitative estimate of drug-likeness (QED) is 0.183. The summed E-state index contributed by atoms with van der Waals surface area (Å²) in [5.41, 5.74) is 2.25. The zero-order chi connectivity index (χ0) is 30.1. The summed E-state index contributed by atoms with van der Waals surface area (Å²) in [6.07, 6.45) is 3.02. The summed E-state index contributed by atoms with van der Waals surface area (Å²) >= 11 is 7.30. The molecule has 0 amide bonds. The van der Waals surface area contributed by atoms with E-state index in [1.165, 1.54) is 11.3 Å². The summed E-state index contributed by atoms with van der Waals surface area (Å²) in [5.74, 6) is 1.25. The first-order valence-electron chi connectivity index (χ1n) is 14.1. The highest BCUT2D eigenvalue weighted by Crippen LogP contribution is 2.41. The molecule has 0 bridgehead atoms. The zero-order valence-electron chi connectivity index (χ0n) is 23.9. The molecule has 1 atom stereocenters. The molecule has 0 saturated heterocycles. The molecule has 43 heavy (non-hydrogen) atoms. The number of carbonyl (C=O) groups excluding carboxylic acids is 1. The average Bonchev–Trinajstić information content (AvgIpc) is 3.60. The fourth-order valence-electron chi connectivity index (χ4n) is 5.46. The molecule has 5 aromatic rings. The van der Waals surface area contributed by atoms with E-state index in [4.69, 9.17) is 30.5 Å². The van der Waals surface area contributed by atoms with Gasteiger partial charge < -0.3 is 13.9 Å². The van der Waals surface area contributed by atoms with Crippen LogP contribution in [0.4, 0.5) is 0 Å². The van der Waals surface area contributed by atoms with Crippen molar-refractivity contribution in [2.75, 3.05) is 13.7 Å². The van der Waals surface area contributed by atoms with Crippen molar-refractivity contribution in [3.05, 3.63) is 120 Å². The second kappa shape index (κ2) is 12.1. The third-order valence-electron chi connectivity index (χ3n) is 7.35. The number of furan rings is 1. The number of ether oxygens (including phenoxy) is 2. The third kappa shape index (κ3) is 5.32. The number of nitrogens with zero attached hydrogens (tertiary/aromatic N) is 2. The molecule has 0 radical (unpaired) electrons. The van der Waals surface area contributed by atoms with Crippen molar-refractivity contribution in [2.24, 2.45) is 4.99 Å². The second-order valence-electron chi connectivity index (χ2n) is 10.0. The average molecular weight is 613 g/mol. The minimum atomic E-state index is -0.804. The second-order valence-corrected chi connectivity index (χ2v) is 11.5. The van der Waals surface area contributed by atoms with Gasteiger partial charge in [-0.2, -0.15) is 0 Å². The zero-order valence-corrected chi connectivity index (χ0v) is 25.5. The Morgan fingerprint density at radius 2 is 1.86 bits per heavy atom. The van der Waals surface area contributed by atoms with Crippen molar-refractivity contribution >= 4 is 45.8 Å². The molecule has 0 fully saturated rings. The topological polar surface area (TPSA) is 83.0 Å². The maximum atomic E-state index is 14.3. The van der Waals surface area contributed by atoms with E-state index >= 15 is 0 Å². The van der Waals surface area contributed by atoms with Gasteiger partial charge in [-0.15, -0.1) is 0 Å². The van der Waals surface area contributed by atoms with Crippen LogP contribution in [0.1, 0.15) is 44.1 Å². The minimum absolute atomic E-state index is 0.194. The van der Waals surface area contributed by atoms with Gasteiger partial charge in [-0.25, -0.2) is 9.79 Å². The summed E-state index contributed by atoms with van der Waals surface area (Å²) in [7, 11) is 1.59. The Morgan fingerprint density at radius 3 is 2.60 bits per heavy atom. The first-order valence-corrected chi connectivity index (χ1v) is 15.3. The fourth-order valence-corrected chi connectivity index (χ4v) is 6.58. The van der Waals surface area contributed by atoms with Crippen molar-refractivity contribution in [3.8, 4) is 17.1 Å². The molecule has 7 nitrogen and oxygen atoms in total. The summed E-state index contributed by atoms with van der Waals surface area (Å²) in [4.78, 5) is 33.3. The molecular formula is C34H29ClN2O5S. The number of hydrogen-bond donors (Lipinski definition) is 0. The predicted octanol–water partition coefficient (Wildman–Crippen LogP) is 6.65. The lowest BCUT2D eigenvalue weighted by Crippen LogP contribution is -2.40. The Hall–Kier alpha value is -4.40. The van der Waals surface area contributed by atoms with E-state index in [0.29, 0.717) is 54.9 Å². The lowest BCUT2D eigenvalue weighted by molar-refractivity contribution is -0.139. The van der Waals surface area contributed by atoms with E-state index in [1.807, 2.05) is 67.6 Å². The molecule has 3 heterocycles. The highest BCUT2D eigenvalue weighted by atomic mass is 35.5. The normalized spacial score (nSPS) is 15.0. The molecule has 0 spiro atoms. The number of allylic oxidation sites excluding steroid dienone is 1. The highest BCUT2D eigenvalue weighted by Gasteiger charge is 2.37. The summed E-state index contributed by atoms with van der Waals surface area (Å²) in [5, 5.41) is 2.47. The third-order valence-corrected chi connectivity index (χ3v) is 8.58. The highest BCUT2D eigenvalue weighted by molar-refractivity contribution is 7.07. The smallest absolute Gasteiger partial charge is 0.338 e. The molecule has 6 rings (SSSR count). The van der Waals surface area contributed by atoms with Gasteiger partial charge in [-0.1, -0.05) is 66.6 Å². The maximum absolute atomic E-state index is 14.3. The number of thiazole rings is 1. The molecule has 0 aliphatic carbocycles. The van der Waals surface area contributed by atoms with E-state index in [2.05, 4.69) is 0 Å². The van der Waals surface area contributed by atoms with E-state index in [0.717, 1.165) is 22.8 Å². The Balaban J connectivity index is 1.60. The summed E-state index contributed by atoms with van der Waals surface area (Å²) < 4.78 is 19.5. The van der Waals surface area contributed by atoms with Crippen LogP contribution in [0, 0.1) is 0 Å². The molecule has 2 aromatic heterocycles. The van der Waals surface area contributed by atoms with Gasteiger partial charge in [0.2, 0.25) is 0 Å². The SMILES string of the molecule is CCCC1=C(C(=O)OCC)C(c2c(OC)ccc3ccccc23)n2c(s/c(=C\c3ccc(-c4ccc(Cl)cc4)o3)c2=O)=N1. The molecular weight excluding hydrogens is 584 g/mol. The van der Waals surface area contributed by atoms with E-state index in [-0.39, 0.29) is 12.2 Å². The van der Waals surface area contributed by atoms with Gasteiger partial charge in [0.05, 0.1) is 29.5 Å². The number of halogens is 1. The lowest BCUT2D eigenvalue weighted by Gasteiger charge is -2.28. The molecule has 1 unspecified atom stereocenters. The Morgan fingerprint density at radius 1 is 1.07 bits per heavy atom. The van der Waals surface area contributed by atoms with E-state index < -0.39 is 12.0 Å². The van der Waals surface area contributed by atoms with Crippen molar-refractivity contribution in [1.82, 2.24) is 4.57 Å². The van der Waals surface area contributed by atoms with Crippen molar-refractivity contribution < 1.29 is 18.7 Å². The van der Waals surface area contributed by atoms with Gasteiger partial charge in [0.1, 0.15) is 23.3 Å². The molecule has 1 aliphatic rings. The number of methoxy groups -OCH3 is 1. The van der Waals surface area contributed by atoms with Crippen LogP contribution in [0.5, 0.6) is 5.75 Å². The molecule has 0 saturated carbocycles. The van der Waals surface area contributed by atoms with Crippen LogP contribution in [0.3, 0.4) is 0 Å². The van der Waals surface area contributed by atoms with Crippen LogP contribution in [-0.4, -0.2) is 24.3 Å². The van der Waals surface area contributed by atoms with Gasteiger partial charge in [0.15, 0.2) is 4.80 Å². The van der Waals surface area contributed by atoms with Gasteiger partial charge in [0.25, 0.3) is 5.56 Å². The van der Waals surface area contributed by atoms with Crippen LogP contribution < -0.4 is 19.6 Å². The molecule has 218 valence electrons.